The number of aromatic nitrogens is 2. The van der Waals surface area contributed by atoms with E-state index < -0.39 is 35.8 Å². The number of hydrogen-bond acceptors (Lipinski definition) is 6. The fourth-order valence-corrected chi connectivity index (χ4v) is 1.90. The van der Waals surface area contributed by atoms with Crippen LogP contribution in [0, 0.1) is 0 Å². The fraction of sp³-hybridized carbons (Fsp3) is 0.455. The third kappa shape index (κ3) is 2.15. The zero-order valence-electron chi connectivity index (χ0n) is 10.2. The molecule has 1 aromatic heterocycles. The molecule has 0 spiro atoms. The van der Waals surface area contributed by atoms with Crippen LogP contribution in [0.1, 0.15) is 18.6 Å². The average Bonchev–Trinajstić information content (AvgIpc) is 2.67. The van der Waals surface area contributed by atoms with Gasteiger partial charge in [0.25, 0.3) is 5.56 Å². The molecule has 0 aromatic carbocycles. The van der Waals surface area contributed by atoms with Crippen LogP contribution in [0.15, 0.2) is 27.3 Å². The number of aryl methyl sites for hydroxylation is 1. The van der Waals surface area contributed by atoms with Crippen LogP contribution in [-0.2, 0) is 11.3 Å². The van der Waals surface area contributed by atoms with E-state index in [2.05, 4.69) is 4.98 Å². The smallest absolute Gasteiger partial charge is 0.328 e. The van der Waals surface area contributed by atoms with Gasteiger partial charge in [-0.15, -0.1) is 0 Å². The molecule has 4 N–H and O–H groups in total. The standard InChI is InChI=1S/C11H14N2O6/c1-2-13-3-5(10(17)12-11(13)18)9-8(16)7(15)6(4-14)19-9/h3,8-9,14-16H,2,4H2,1H3,(H,12,17,18)/t8?,9-/m0/s1. The highest BCUT2D eigenvalue weighted by atomic mass is 16.5. The number of nitrogens with one attached hydrogen (secondary N) is 1. The maximum Gasteiger partial charge on any atom is 0.328 e. The highest BCUT2D eigenvalue weighted by Gasteiger charge is 2.38. The molecule has 1 aliphatic heterocycles. The number of rotatable bonds is 3. The number of aliphatic hydroxyl groups excluding tert-OH is 3. The quantitative estimate of drug-likeness (QED) is 0.544. The molecule has 0 saturated heterocycles. The SMILES string of the molecule is CCn1cc([C@@H]2OC(CO)=C(O)C2O)c(=O)[nH]c1=O. The van der Waals surface area contributed by atoms with Gasteiger partial charge < -0.3 is 24.6 Å². The Bertz CT molecular complexity index is 629. The number of H-pyrrole nitrogens is 1. The maximum absolute atomic E-state index is 11.7. The van der Waals surface area contributed by atoms with E-state index in [1.54, 1.807) is 6.92 Å². The largest absolute Gasteiger partial charge is 0.506 e. The third-order valence-electron chi connectivity index (χ3n) is 2.95. The molecular weight excluding hydrogens is 256 g/mol. The van der Waals surface area contributed by atoms with Crippen molar-refractivity contribution in [3.05, 3.63) is 44.1 Å². The van der Waals surface area contributed by atoms with Gasteiger partial charge in [0.2, 0.25) is 0 Å². The van der Waals surface area contributed by atoms with Gasteiger partial charge >= 0.3 is 5.69 Å². The predicted molar refractivity (Wildman–Crippen MR) is 63.6 cm³/mol. The Morgan fingerprint density at radius 1 is 1.47 bits per heavy atom. The first kappa shape index (κ1) is 13.4. The first-order chi connectivity index (χ1) is 8.99. The number of hydrogen-bond donors (Lipinski definition) is 4. The Morgan fingerprint density at radius 2 is 2.16 bits per heavy atom. The molecule has 0 amide bonds. The molecule has 104 valence electrons. The molecule has 1 aliphatic rings. The number of aliphatic hydroxyl groups is 3. The number of nitrogens with zero attached hydrogens (tertiary/aromatic N) is 1. The molecule has 0 saturated carbocycles. The molecule has 8 heteroatoms. The van der Waals surface area contributed by atoms with E-state index in [1.807, 2.05) is 0 Å². The van der Waals surface area contributed by atoms with Crippen LogP contribution in [0.5, 0.6) is 0 Å². The monoisotopic (exact) mass is 270 g/mol. The van der Waals surface area contributed by atoms with Crippen molar-refractivity contribution in [2.75, 3.05) is 6.61 Å². The minimum absolute atomic E-state index is 0.00366. The molecule has 1 aromatic rings. The second-order valence-corrected chi connectivity index (χ2v) is 4.08. The normalized spacial score (nSPS) is 22.7. The summed E-state index contributed by atoms with van der Waals surface area (Å²) in [6.07, 6.45) is -1.34. The molecule has 0 aliphatic carbocycles. The summed E-state index contributed by atoms with van der Waals surface area (Å²) in [5.41, 5.74) is -1.27. The van der Waals surface area contributed by atoms with E-state index in [0.717, 1.165) is 0 Å². The van der Waals surface area contributed by atoms with Crippen LogP contribution in [0.25, 0.3) is 0 Å². The van der Waals surface area contributed by atoms with Crippen LogP contribution in [-0.4, -0.2) is 37.6 Å². The molecular formula is C11H14N2O6. The van der Waals surface area contributed by atoms with Crippen molar-refractivity contribution in [2.45, 2.75) is 25.7 Å². The minimum Gasteiger partial charge on any atom is -0.506 e. The van der Waals surface area contributed by atoms with Crippen molar-refractivity contribution in [3.8, 4) is 0 Å². The summed E-state index contributed by atoms with van der Waals surface area (Å²) in [5, 5.41) is 28.2. The molecule has 2 atom stereocenters. The summed E-state index contributed by atoms with van der Waals surface area (Å²) in [6, 6.07) is 0. The average molecular weight is 270 g/mol. The molecule has 19 heavy (non-hydrogen) atoms. The number of aromatic amines is 1. The van der Waals surface area contributed by atoms with Gasteiger partial charge in [-0.3, -0.25) is 9.78 Å². The lowest BCUT2D eigenvalue weighted by Crippen LogP contribution is -2.34. The molecule has 2 rings (SSSR count). The van der Waals surface area contributed by atoms with Crippen LogP contribution in [0.2, 0.25) is 0 Å². The Labute approximate surface area is 107 Å². The summed E-state index contributed by atoms with van der Waals surface area (Å²) < 4.78 is 6.37. The van der Waals surface area contributed by atoms with E-state index in [4.69, 9.17) is 9.84 Å². The van der Waals surface area contributed by atoms with Crippen molar-refractivity contribution in [2.24, 2.45) is 0 Å². The zero-order chi connectivity index (χ0) is 14.2. The van der Waals surface area contributed by atoms with Crippen molar-refractivity contribution in [1.82, 2.24) is 9.55 Å². The van der Waals surface area contributed by atoms with Gasteiger partial charge in [-0.1, -0.05) is 0 Å². The maximum atomic E-state index is 11.7. The molecule has 1 unspecified atom stereocenters. The molecule has 2 heterocycles. The van der Waals surface area contributed by atoms with E-state index >= 15 is 0 Å². The van der Waals surface area contributed by atoms with Crippen molar-refractivity contribution < 1.29 is 20.1 Å². The molecule has 0 radical (unpaired) electrons. The Balaban J connectivity index is 2.45. The first-order valence-corrected chi connectivity index (χ1v) is 5.70. The van der Waals surface area contributed by atoms with Gasteiger partial charge in [0.05, 0.1) is 5.56 Å². The second-order valence-electron chi connectivity index (χ2n) is 4.08. The van der Waals surface area contributed by atoms with E-state index in [9.17, 15) is 19.8 Å². The summed E-state index contributed by atoms with van der Waals surface area (Å²) in [5.74, 6) is -0.702. The Kier molecular flexibility index (Phi) is 3.45. The summed E-state index contributed by atoms with van der Waals surface area (Å²) >= 11 is 0. The third-order valence-corrected chi connectivity index (χ3v) is 2.95. The summed E-state index contributed by atoms with van der Waals surface area (Å²) in [4.78, 5) is 25.2. The topological polar surface area (TPSA) is 125 Å². The predicted octanol–water partition coefficient (Wildman–Crippen LogP) is -1.25. The van der Waals surface area contributed by atoms with Crippen molar-refractivity contribution in [3.63, 3.8) is 0 Å². The highest BCUT2D eigenvalue weighted by Crippen LogP contribution is 2.33. The van der Waals surface area contributed by atoms with Gasteiger partial charge in [0.1, 0.15) is 6.61 Å². The van der Waals surface area contributed by atoms with Gasteiger partial charge in [0.15, 0.2) is 23.7 Å². The lowest BCUT2D eigenvalue weighted by atomic mass is 10.1. The van der Waals surface area contributed by atoms with Crippen LogP contribution < -0.4 is 11.2 Å². The first-order valence-electron chi connectivity index (χ1n) is 5.70. The van der Waals surface area contributed by atoms with Gasteiger partial charge in [-0.2, -0.15) is 0 Å². The van der Waals surface area contributed by atoms with Gasteiger partial charge in [-0.25, -0.2) is 4.79 Å². The minimum atomic E-state index is -1.45. The fourth-order valence-electron chi connectivity index (χ4n) is 1.90. The van der Waals surface area contributed by atoms with Gasteiger partial charge in [-0.05, 0) is 6.92 Å². The molecule has 0 bridgehead atoms. The Morgan fingerprint density at radius 3 is 2.68 bits per heavy atom. The van der Waals surface area contributed by atoms with Crippen LogP contribution >= 0.6 is 0 Å². The number of ether oxygens (including phenoxy) is 1. The summed E-state index contributed by atoms with van der Waals surface area (Å²) in [7, 11) is 0. The van der Waals surface area contributed by atoms with Crippen molar-refractivity contribution in [1.29, 1.82) is 0 Å². The second kappa shape index (κ2) is 4.90. The van der Waals surface area contributed by atoms with E-state index in [0.29, 0.717) is 6.54 Å². The molecule has 8 nitrogen and oxygen atoms in total. The highest BCUT2D eigenvalue weighted by molar-refractivity contribution is 5.22. The van der Waals surface area contributed by atoms with Gasteiger partial charge in [0, 0.05) is 12.7 Å². The lowest BCUT2D eigenvalue weighted by Gasteiger charge is -2.15. The molecule has 0 fully saturated rings. The van der Waals surface area contributed by atoms with E-state index in [1.165, 1.54) is 10.8 Å². The zero-order valence-corrected chi connectivity index (χ0v) is 10.2. The van der Waals surface area contributed by atoms with Crippen LogP contribution in [0.3, 0.4) is 0 Å². The lowest BCUT2D eigenvalue weighted by molar-refractivity contribution is 0.0310. The van der Waals surface area contributed by atoms with E-state index in [-0.39, 0.29) is 11.3 Å². The van der Waals surface area contributed by atoms with Crippen molar-refractivity contribution >= 4 is 0 Å². The van der Waals surface area contributed by atoms with Crippen LogP contribution in [0.4, 0.5) is 0 Å². The Hall–Kier alpha value is -2.06. The summed E-state index contributed by atoms with van der Waals surface area (Å²) in [6.45, 7) is 1.45.